The van der Waals surface area contributed by atoms with Gasteiger partial charge in [-0.1, -0.05) is 60.7 Å². The number of methoxy groups -OCH3 is 2. The average Bonchev–Trinajstić information content (AvgIpc) is 2.86. The number of ether oxygens (including phenoxy) is 2. The summed E-state index contributed by atoms with van der Waals surface area (Å²) in [6.45, 7) is 0. The van der Waals surface area contributed by atoms with E-state index in [0.717, 1.165) is 0 Å². The maximum absolute atomic E-state index is 12.4. The summed E-state index contributed by atoms with van der Waals surface area (Å²) in [4.78, 5) is 33.2. The maximum Gasteiger partial charge on any atom is 0.333 e. The number of benzene rings is 2. The number of anilines is 2. The normalized spacial score (nSPS) is 12.0. The molecule has 0 bridgehead atoms. The Hall–Kier alpha value is -4.45. The molecule has 3 aromatic rings. The van der Waals surface area contributed by atoms with E-state index in [0.29, 0.717) is 11.1 Å². The number of nitrogens with one attached hydrogen (secondary N) is 2. The van der Waals surface area contributed by atoms with E-state index >= 15 is 0 Å². The summed E-state index contributed by atoms with van der Waals surface area (Å²) in [5, 5.41) is 15.4. The van der Waals surface area contributed by atoms with Crippen molar-refractivity contribution in [2.45, 2.75) is 12.1 Å². The zero-order valence-electron chi connectivity index (χ0n) is 17.5. The van der Waals surface area contributed by atoms with Crippen LogP contribution < -0.4 is 10.6 Å². The molecule has 3 rings (SSSR count). The Morgan fingerprint density at radius 3 is 1.84 bits per heavy atom. The smallest absolute Gasteiger partial charge is 0.333 e. The van der Waals surface area contributed by atoms with Crippen molar-refractivity contribution in [3.8, 4) is 6.07 Å². The van der Waals surface area contributed by atoms with Crippen LogP contribution in [0.1, 0.15) is 28.8 Å². The maximum atomic E-state index is 12.4. The predicted molar refractivity (Wildman–Crippen MR) is 116 cm³/mol. The fourth-order valence-electron chi connectivity index (χ4n) is 2.99. The highest BCUT2D eigenvalue weighted by Gasteiger charge is 2.25. The number of hydrogen-bond donors (Lipinski definition) is 2. The first kappa shape index (κ1) is 22.2. The van der Waals surface area contributed by atoms with Crippen molar-refractivity contribution >= 4 is 23.7 Å². The first-order valence-electron chi connectivity index (χ1n) is 9.63. The van der Waals surface area contributed by atoms with Gasteiger partial charge in [-0.05, 0) is 11.1 Å². The number of nitrogens with zero attached hydrogens (tertiary/aromatic N) is 3. The first-order valence-corrected chi connectivity index (χ1v) is 9.63. The summed E-state index contributed by atoms with van der Waals surface area (Å²) >= 11 is 0. The van der Waals surface area contributed by atoms with Crippen LogP contribution in [0.25, 0.3) is 0 Å². The van der Waals surface area contributed by atoms with E-state index in [9.17, 15) is 14.9 Å². The van der Waals surface area contributed by atoms with Gasteiger partial charge in [0.2, 0.25) is 5.95 Å². The summed E-state index contributed by atoms with van der Waals surface area (Å²) in [5.41, 5.74) is 1.40. The van der Waals surface area contributed by atoms with Gasteiger partial charge in [0.1, 0.15) is 11.6 Å². The van der Waals surface area contributed by atoms with Crippen LogP contribution in [0.3, 0.4) is 0 Å². The lowest BCUT2D eigenvalue weighted by molar-refractivity contribution is -0.142. The van der Waals surface area contributed by atoms with Crippen molar-refractivity contribution in [3.63, 3.8) is 0 Å². The fraction of sp³-hybridized carbons (Fsp3) is 0.174. The van der Waals surface area contributed by atoms with Crippen LogP contribution in [-0.4, -0.2) is 36.1 Å². The van der Waals surface area contributed by atoms with Crippen LogP contribution in [0, 0.1) is 11.3 Å². The van der Waals surface area contributed by atoms with Crippen molar-refractivity contribution in [2.75, 3.05) is 24.9 Å². The number of carbonyl (C=O) groups excluding carboxylic acids is 2. The summed E-state index contributed by atoms with van der Waals surface area (Å²) in [6, 6.07) is 18.1. The molecule has 0 fully saturated rings. The number of hydrogen-bond acceptors (Lipinski definition) is 9. The zero-order valence-corrected chi connectivity index (χ0v) is 17.5. The van der Waals surface area contributed by atoms with Crippen molar-refractivity contribution in [1.29, 1.82) is 5.26 Å². The molecule has 2 N–H and O–H groups in total. The van der Waals surface area contributed by atoms with Gasteiger partial charge >= 0.3 is 11.9 Å². The molecule has 2 aromatic carbocycles. The summed E-state index contributed by atoms with van der Waals surface area (Å²) in [6.07, 6.45) is 1.30. The highest BCUT2D eigenvalue weighted by atomic mass is 16.5. The predicted octanol–water partition coefficient (Wildman–Crippen LogP) is 3.00. The minimum absolute atomic E-state index is 0.0717. The molecule has 9 nitrogen and oxygen atoms in total. The van der Waals surface area contributed by atoms with Crippen LogP contribution in [0.5, 0.6) is 0 Å². The largest absolute Gasteiger partial charge is 0.467 e. The molecule has 32 heavy (non-hydrogen) atoms. The van der Waals surface area contributed by atoms with Gasteiger partial charge in [-0.15, -0.1) is 0 Å². The Kier molecular flexibility index (Phi) is 7.33. The third-order valence-electron chi connectivity index (χ3n) is 4.60. The molecule has 162 valence electrons. The van der Waals surface area contributed by atoms with Gasteiger partial charge in [-0.25, -0.2) is 14.6 Å². The topological polar surface area (TPSA) is 126 Å². The third kappa shape index (κ3) is 5.17. The molecule has 0 aliphatic carbocycles. The van der Waals surface area contributed by atoms with E-state index < -0.39 is 24.0 Å². The quantitative estimate of drug-likeness (QED) is 0.518. The van der Waals surface area contributed by atoms with Gasteiger partial charge < -0.3 is 20.1 Å². The molecular weight excluding hydrogens is 410 g/mol. The number of nitriles is 1. The molecule has 1 heterocycles. The molecule has 0 amide bonds. The second-order valence-corrected chi connectivity index (χ2v) is 6.59. The van der Waals surface area contributed by atoms with E-state index in [2.05, 4.69) is 20.6 Å². The Morgan fingerprint density at radius 1 is 0.875 bits per heavy atom. The van der Waals surface area contributed by atoms with Crippen molar-refractivity contribution in [3.05, 3.63) is 83.6 Å². The zero-order chi connectivity index (χ0) is 22.9. The monoisotopic (exact) mass is 431 g/mol. The number of rotatable bonds is 8. The van der Waals surface area contributed by atoms with Crippen molar-refractivity contribution < 1.29 is 19.1 Å². The van der Waals surface area contributed by atoms with Gasteiger partial charge in [-0.3, -0.25) is 0 Å². The van der Waals surface area contributed by atoms with E-state index in [1.165, 1.54) is 20.4 Å². The van der Waals surface area contributed by atoms with Crippen LogP contribution in [0.2, 0.25) is 0 Å². The first-order chi connectivity index (χ1) is 15.6. The molecule has 9 heteroatoms. The SMILES string of the molecule is COC(=O)C(Nc1ncc(C#N)c(NC(C(=O)OC)c2ccccc2)n1)c1ccccc1. The summed E-state index contributed by atoms with van der Waals surface area (Å²) < 4.78 is 9.80. The van der Waals surface area contributed by atoms with E-state index in [-0.39, 0.29) is 17.3 Å². The standard InChI is InChI=1S/C23H21N5O4/c1-31-21(29)18(15-9-5-3-6-10-15)26-20-17(13-24)14-25-23(28-20)27-19(22(30)32-2)16-11-7-4-8-12-16/h3-12,14,18-19H,1-2H3,(H2,25,26,27,28). The average molecular weight is 431 g/mol. The molecule has 0 spiro atoms. The van der Waals surface area contributed by atoms with Crippen LogP contribution in [0.15, 0.2) is 66.9 Å². The molecule has 0 radical (unpaired) electrons. The van der Waals surface area contributed by atoms with E-state index in [1.54, 1.807) is 48.5 Å². The van der Waals surface area contributed by atoms with E-state index in [4.69, 9.17) is 9.47 Å². The Bertz CT molecular complexity index is 1120. The minimum Gasteiger partial charge on any atom is -0.467 e. The molecule has 2 unspecified atom stereocenters. The van der Waals surface area contributed by atoms with E-state index in [1.807, 2.05) is 18.2 Å². The summed E-state index contributed by atoms with van der Waals surface area (Å²) in [5.74, 6) is -0.899. The van der Waals surface area contributed by atoms with Crippen molar-refractivity contribution in [1.82, 2.24) is 9.97 Å². The second-order valence-electron chi connectivity index (χ2n) is 6.59. The molecule has 2 atom stereocenters. The van der Waals surface area contributed by atoms with Gasteiger partial charge in [-0.2, -0.15) is 10.2 Å². The molecule has 0 saturated heterocycles. The second kappa shape index (κ2) is 10.5. The number of aromatic nitrogens is 2. The fourth-order valence-corrected chi connectivity index (χ4v) is 2.99. The van der Waals surface area contributed by atoms with Gasteiger partial charge in [0.05, 0.1) is 20.4 Å². The molecule has 0 saturated carbocycles. The highest BCUT2D eigenvalue weighted by Crippen LogP contribution is 2.24. The van der Waals surface area contributed by atoms with Crippen LogP contribution in [0.4, 0.5) is 11.8 Å². The lowest BCUT2D eigenvalue weighted by atomic mass is 10.1. The van der Waals surface area contributed by atoms with Gasteiger partial charge in [0.15, 0.2) is 17.9 Å². The highest BCUT2D eigenvalue weighted by molar-refractivity contribution is 5.82. The molecule has 0 aliphatic heterocycles. The van der Waals surface area contributed by atoms with Crippen LogP contribution in [-0.2, 0) is 19.1 Å². The van der Waals surface area contributed by atoms with Gasteiger partial charge in [0, 0.05) is 0 Å². The number of esters is 2. The molecule has 0 aliphatic rings. The summed E-state index contributed by atoms with van der Waals surface area (Å²) in [7, 11) is 2.56. The van der Waals surface area contributed by atoms with Crippen LogP contribution >= 0.6 is 0 Å². The molecule has 1 aromatic heterocycles. The van der Waals surface area contributed by atoms with Gasteiger partial charge in [0.25, 0.3) is 0 Å². The Morgan fingerprint density at radius 2 is 1.38 bits per heavy atom. The minimum atomic E-state index is -0.901. The third-order valence-corrected chi connectivity index (χ3v) is 4.60. The lowest BCUT2D eigenvalue weighted by Gasteiger charge is -2.20. The Labute approximate surface area is 185 Å². The number of carbonyl (C=O) groups is 2. The Balaban J connectivity index is 1.95. The lowest BCUT2D eigenvalue weighted by Crippen LogP contribution is -2.25. The molecular formula is C23H21N5O4. The van der Waals surface area contributed by atoms with Crippen molar-refractivity contribution in [2.24, 2.45) is 0 Å².